The van der Waals surface area contributed by atoms with Crippen LogP contribution in [0.4, 0.5) is 5.13 Å². The zero-order chi connectivity index (χ0) is 14.7. The molecule has 0 spiro atoms. The Morgan fingerprint density at radius 2 is 2.15 bits per heavy atom. The fraction of sp³-hybridized carbons (Fsp3) is 0.154. The Kier molecular flexibility index (Phi) is 4.80. The molecule has 0 saturated heterocycles. The van der Waals surface area contributed by atoms with E-state index in [1.807, 2.05) is 12.3 Å². The maximum absolute atomic E-state index is 12.2. The van der Waals surface area contributed by atoms with E-state index in [0.717, 1.165) is 16.2 Å². The second-order valence-corrected chi connectivity index (χ2v) is 6.20. The van der Waals surface area contributed by atoms with Crippen molar-refractivity contribution >= 4 is 51.5 Å². The van der Waals surface area contributed by atoms with Crippen LogP contribution in [0.3, 0.4) is 0 Å². The maximum Gasteiger partial charge on any atom is 0.258 e. The number of thiazole rings is 1. The Morgan fingerprint density at radius 3 is 2.75 bits per heavy atom. The second-order valence-electron chi connectivity index (χ2n) is 3.89. The van der Waals surface area contributed by atoms with E-state index in [0.29, 0.717) is 20.6 Å². The van der Waals surface area contributed by atoms with E-state index < -0.39 is 0 Å². The highest BCUT2D eigenvalue weighted by molar-refractivity contribution is 7.98. The molecular weight excluding hydrogens is 316 g/mol. The van der Waals surface area contributed by atoms with Crippen LogP contribution in [0.15, 0.2) is 29.3 Å². The van der Waals surface area contributed by atoms with Gasteiger partial charge in [-0.3, -0.25) is 14.9 Å². The van der Waals surface area contributed by atoms with Crippen molar-refractivity contribution in [2.24, 2.45) is 0 Å². The summed E-state index contributed by atoms with van der Waals surface area (Å²) in [5.41, 5.74) is 0.387. The minimum atomic E-state index is -0.338. The van der Waals surface area contributed by atoms with Crippen molar-refractivity contribution in [2.75, 3.05) is 11.6 Å². The first-order valence-electron chi connectivity index (χ1n) is 5.63. The Bertz CT molecular complexity index is 670. The van der Waals surface area contributed by atoms with Crippen LogP contribution in [0.2, 0.25) is 5.02 Å². The van der Waals surface area contributed by atoms with Gasteiger partial charge in [-0.15, -0.1) is 11.8 Å². The van der Waals surface area contributed by atoms with Gasteiger partial charge in [-0.2, -0.15) is 0 Å². The number of rotatable bonds is 4. The second kappa shape index (κ2) is 6.39. The van der Waals surface area contributed by atoms with Crippen LogP contribution in [0, 0.1) is 0 Å². The third-order valence-corrected chi connectivity index (χ3v) is 4.56. The number of carbonyl (C=O) groups excluding carboxylic acids is 2. The molecule has 7 heteroatoms. The molecule has 1 amide bonds. The third kappa shape index (κ3) is 3.39. The average Bonchev–Trinajstić information content (AvgIpc) is 2.88. The van der Waals surface area contributed by atoms with E-state index in [2.05, 4.69) is 10.3 Å². The predicted octanol–water partition coefficient (Wildman–Crippen LogP) is 3.97. The number of anilines is 1. The molecule has 0 aliphatic heterocycles. The van der Waals surface area contributed by atoms with Gasteiger partial charge in [0, 0.05) is 11.8 Å². The fourth-order valence-corrected chi connectivity index (χ4v) is 2.81. The molecule has 4 nitrogen and oxygen atoms in total. The van der Waals surface area contributed by atoms with E-state index in [-0.39, 0.29) is 11.7 Å². The number of nitrogens with zero attached hydrogens (tertiary/aromatic N) is 1. The number of ketones is 1. The van der Waals surface area contributed by atoms with Crippen molar-refractivity contribution in [3.8, 4) is 0 Å². The third-order valence-electron chi connectivity index (χ3n) is 2.49. The van der Waals surface area contributed by atoms with Crippen LogP contribution in [-0.4, -0.2) is 22.9 Å². The summed E-state index contributed by atoms with van der Waals surface area (Å²) < 4.78 is 0. The lowest BCUT2D eigenvalue weighted by atomic mass is 10.2. The molecule has 0 bridgehead atoms. The number of benzene rings is 1. The maximum atomic E-state index is 12.2. The number of carbonyl (C=O) groups is 2. The highest BCUT2D eigenvalue weighted by atomic mass is 35.5. The van der Waals surface area contributed by atoms with Crippen LogP contribution < -0.4 is 5.32 Å². The number of thioether (sulfide) groups is 1. The molecular formula is C13H11ClN2O2S2. The van der Waals surface area contributed by atoms with Crippen molar-refractivity contribution in [1.29, 1.82) is 0 Å². The zero-order valence-electron chi connectivity index (χ0n) is 10.8. The van der Waals surface area contributed by atoms with E-state index in [4.69, 9.17) is 11.6 Å². The Hall–Kier alpha value is -1.37. The van der Waals surface area contributed by atoms with Crippen LogP contribution in [-0.2, 0) is 0 Å². The molecule has 0 atom stereocenters. The van der Waals surface area contributed by atoms with Crippen molar-refractivity contribution in [1.82, 2.24) is 4.98 Å². The molecule has 1 heterocycles. The van der Waals surface area contributed by atoms with Crippen LogP contribution in [0.1, 0.15) is 27.0 Å². The lowest BCUT2D eigenvalue weighted by Crippen LogP contribution is -2.12. The normalized spacial score (nSPS) is 10.3. The SMILES string of the molecule is CSc1ccc(Cl)c(C(=O)Nc2ncc(C(C)=O)s2)c1. The quantitative estimate of drug-likeness (QED) is 0.682. The Balaban J connectivity index is 2.21. The number of amides is 1. The summed E-state index contributed by atoms with van der Waals surface area (Å²) in [7, 11) is 0. The van der Waals surface area contributed by atoms with Crippen molar-refractivity contribution in [3.05, 3.63) is 39.9 Å². The van der Waals surface area contributed by atoms with Gasteiger partial charge in [0.2, 0.25) is 0 Å². The molecule has 0 aliphatic carbocycles. The molecule has 0 saturated carbocycles. The van der Waals surface area contributed by atoms with Gasteiger partial charge in [-0.25, -0.2) is 4.98 Å². The number of halogens is 1. The standard InChI is InChI=1S/C13H11ClN2O2S2/c1-7(17)11-6-15-13(20-11)16-12(18)9-5-8(19-2)3-4-10(9)14/h3-6H,1-2H3,(H,15,16,18). The smallest absolute Gasteiger partial charge is 0.258 e. The average molecular weight is 327 g/mol. The Labute approximate surface area is 129 Å². The largest absolute Gasteiger partial charge is 0.298 e. The molecule has 1 aromatic heterocycles. The predicted molar refractivity (Wildman–Crippen MR) is 83.3 cm³/mol. The van der Waals surface area contributed by atoms with Crippen molar-refractivity contribution < 1.29 is 9.59 Å². The van der Waals surface area contributed by atoms with Gasteiger partial charge in [0.15, 0.2) is 10.9 Å². The minimum Gasteiger partial charge on any atom is -0.298 e. The molecule has 0 fully saturated rings. The highest BCUT2D eigenvalue weighted by Gasteiger charge is 2.14. The van der Waals surface area contributed by atoms with Gasteiger partial charge < -0.3 is 0 Å². The number of aromatic nitrogens is 1. The van der Waals surface area contributed by atoms with Crippen molar-refractivity contribution in [2.45, 2.75) is 11.8 Å². The summed E-state index contributed by atoms with van der Waals surface area (Å²) in [6.07, 6.45) is 3.37. The zero-order valence-corrected chi connectivity index (χ0v) is 13.2. The first kappa shape index (κ1) is 15.0. The monoisotopic (exact) mass is 326 g/mol. The molecule has 2 aromatic rings. The van der Waals surface area contributed by atoms with Crippen LogP contribution >= 0.6 is 34.7 Å². The summed E-state index contributed by atoms with van der Waals surface area (Å²) in [4.78, 5) is 28.8. The van der Waals surface area contributed by atoms with Crippen LogP contribution in [0.5, 0.6) is 0 Å². The summed E-state index contributed by atoms with van der Waals surface area (Å²) in [5.74, 6) is -0.416. The van der Waals surface area contributed by atoms with E-state index in [1.165, 1.54) is 24.9 Å². The van der Waals surface area contributed by atoms with E-state index in [1.54, 1.807) is 12.1 Å². The van der Waals surface area contributed by atoms with Crippen molar-refractivity contribution in [3.63, 3.8) is 0 Å². The van der Waals surface area contributed by atoms with Gasteiger partial charge in [0.25, 0.3) is 5.91 Å². The fourth-order valence-electron chi connectivity index (χ4n) is 1.46. The first-order chi connectivity index (χ1) is 9.51. The summed E-state index contributed by atoms with van der Waals surface area (Å²) in [6.45, 7) is 1.46. The van der Waals surface area contributed by atoms with Gasteiger partial charge in [-0.1, -0.05) is 22.9 Å². The lowest BCUT2D eigenvalue weighted by Gasteiger charge is -2.05. The Morgan fingerprint density at radius 1 is 1.40 bits per heavy atom. The minimum absolute atomic E-state index is 0.0783. The molecule has 1 N–H and O–H groups in total. The summed E-state index contributed by atoms with van der Waals surface area (Å²) in [5, 5.41) is 3.41. The molecule has 0 radical (unpaired) electrons. The van der Waals surface area contributed by atoms with E-state index >= 15 is 0 Å². The molecule has 104 valence electrons. The molecule has 20 heavy (non-hydrogen) atoms. The van der Waals surface area contributed by atoms with Gasteiger partial charge >= 0.3 is 0 Å². The molecule has 1 aromatic carbocycles. The highest BCUT2D eigenvalue weighted by Crippen LogP contribution is 2.25. The van der Waals surface area contributed by atoms with Gasteiger partial charge in [-0.05, 0) is 24.5 Å². The van der Waals surface area contributed by atoms with Crippen LogP contribution in [0.25, 0.3) is 0 Å². The molecule has 0 unspecified atom stereocenters. The topological polar surface area (TPSA) is 59.1 Å². The molecule has 2 rings (SSSR count). The van der Waals surface area contributed by atoms with Gasteiger partial charge in [0.05, 0.1) is 21.7 Å². The van der Waals surface area contributed by atoms with E-state index in [9.17, 15) is 9.59 Å². The number of Topliss-reactive ketones (excluding diaryl/α,β-unsaturated/α-hetero) is 1. The molecule has 0 aliphatic rings. The lowest BCUT2D eigenvalue weighted by molar-refractivity contribution is 0.101. The summed E-state index contributed by atoms with van der Waals surface area (Å²) >= 11 is 8.69. The number of hydrogen-bond acceptors (Lipinski definition) is 5. The summed E-state index contributed by atoms with van der Waals surface area (Å²) in [6, 6.07) is 5.26. The number of hydrogen-bond donors (Lipinski definition) is 1. The number of nitrogens with one attached hydrogen (secondary N) is 1. The van der Waals surface area contributed by atoms with Gasteiger partial charge in [0.1, 0.15) is 0 Å². The first-order valence-corrected chi connectivity index (χ1v) is 8.05.